The molecule has 0 spiro atoms. The summed E-state index contributed by atoms with van der Waals surface area (Å²) in [7, 11) is 1.64. The molecule has 1 atom stereocenters. The summed E-state index contributed by atoms with van der Waals surface area (Å²) in [6, 6.07) is 19.1. The Labute approximate surface area is 186 Å². The number of fused-ring (bicyclic) bond motifs is 1. The van der Waals surface area contributed by atoms with Gasteiger partial charge in [0.25, 0.3) is 5.91 Å². The highest BCUT2D eigenvalue weighted by molar-refractivity contribution is 5.82. The minimum atomic E-state index is -0.611. The number of carbonyl (C=O) groups excluding carboxylic acids is 1. The summed E-state index contributed by atoms with van der Waals surface area (Å²) < 4.78 is 16.8. The van der Waals surface area contributed by atoms with Crippen molar-refractivity contribution in [1.29, 1.82) is 0 Å². The van der Waals surface area contributed by atoms with Gasteiger partial charge in [0.15, 0.2) is 17.3 Å². The number of methoxy groups -OCH3 is 1. The average molecular weight is 432 g/mol. The maximum atomic E-state index is 12.9. The van der Waals surface area contributed by atoms with Crippen LogP contribution in [0.2, 0.25) is 0 Å². The molecule has 0 bridgehead atoms. The third-order valence-corrected chi connectivity index (χ3v) is 5.74. The van der Waals surface area contributed by atoms with Crippen molar-refractivity contribution in [2.45, 2.75) is 6.10 Å². The Morgan fingerprint density at radius 1 is 0.938 bits per heavy atom. The average Bonchev–Trinajstić information content (AvgIpc) is 2.88. The first kappa shape index (κ1) is 20.1. The van der Waals surface area contributed by atoms with E-state index in [4.69, 9.17) is 14.2 Å². The number of amides is 1. The molecule has 0 saturated carbocycles. The van der Waals surface area contributed by atoms with Crippen molar-refractivity contribution in [3.8, 4) is 28.5 Å². The highest BCUT2D eigenvalue weighted by atomic mass is 16.6. The summed E-state index contributed by atoms with van der Waals surface area (Å²) in [6.45, 7) is 2.80. The molecule has 8 heteroatoms. The van der Waals surface area contributed by atoms with Crippen molar-refractivity contribution in [2.75, 3.05) is 44.8 Å². The van der Waals surface area contributed by atoms with Crippen LogP contribution in [0, 0.1) is 0 Å². The maximum Gasteiger partial charge on any atom is 0.267 e. The number of rotatable bonds is 4. The number of aromatic nitrogens is 2. The quantitative estimate of drug-likeness (QED) is 0.627. The maximum absolute atomic E-state index is 12.9. The van der Waals surface area contributed by atoms with Crippen LogP contribution in [-0.2, 0) is 4.79 Å². The van der Waals surface area contributed by atoms with Crippen LogP contribution < -0.4 is 19.1 Å². The fourth-order valence-electron chi connectivity index (χ4n) is 3.91. The first-order chi connectivity index (χ1) is 15.7. The van der Waals surface area contributed by atoms with E-state index in [0.717, 1.165) is 22.8 Å². The summed E-state index contributed by atoms with van der Waals surface area (Å²) >= 11 is 0. The van der Waals surface area contributed by atoms with Crippen LogP contribution >= 0.6 is 0 Å². The van der Waals surface area contributed by atoms with Gasteiger partial charge in [0, 0.05) is 31.7 Å². The zero-order valence-electron chi connectivity index (χ0n) is 17.8. The summed E-state index contributed by atoms with van der Waals surface area (Å²) in [5, 5.41) is 8.78. The molecule has 0 radical (unpaired) electrons. The highest BCUT2D eigenvalue weighted by Crippen LogP contribution is 2.31. The minimum absolute atomic E-state index is 0.0416. The van der Waals surface area contributed by atoms with Crippen molar-refractivity contribution < 1.29 is 19.0 Å². The zero-order chi connectivity index (χ0) is 21.9. The molecule has 1 amide bonds. The molecule has 3 heterocycles. The number of ether oxygens (including phenoxy) is 3. The molecule has 164 valence electrons. The summed E-state index contributed by atoms with van der Waals surface area (Å²) in [6.07, 6.45) is -0.611. The molecule has 1 aromatic heterocycles. The second-order valence-corrected chi connectivity index (χ2v) is 7.68. The third kappa shape index (κ3) is 4.03. The van der Waals surface area contributed by atoms with Crippen molar-refractivity contribution in [3.05, 3.63) is 60.7 Å². The van der Waals surface area contributed by atoms with Crippen LogP contribution in [0.15, 0.2) is 60.7 Å². The van der Waals surface area contributed by atoms with Crippen LogP contribution in [0.4, 0.5) is 5.82 Å². The van der Waals surface area contributed by atoms with Crippen LogP contribution in [-0.4, -0.2) is 67.0 Å². The lowest BCUT2D eigenvalue weighted by Crippen LogP contribution is -2.54. The van der Waals surface area contributed by atoms with Gasteiger partial charge < -0.3 is 24.0 Å². The van der Waals surface area contributed by atoms with Gasteiger partial charge >= 0.3 is 0 Å². The summed E-state index contributed by atoms with van der Waals surface area (Å²) in [5.74, 6) is 2.86. The van der Waals surface area contributed by atoms with Crippen molar-refractivity contribution in [3.63, 3.8) is 0 Å². The van der Waals surface area contributed by atoms with E-state index in [9.17, 15) is 4.79 Å². The van der Waals surface area contributed by atoms with Crippen molar-refractivity contribution in [2.24, 2.45) is 0 Å². The molecule has 1 unspecified atom stereocenters. The third-order valence-electron chi connectivity index (χ3n) is 5.74. The van der Waals surface area contributed by atoms with E-state index in [1.807, 2.05) is 65.6 Å². The van der Waals surface area contributed by atoms with E-state index in [1.54, 1.807) is 7.11 Å². The molecule has 2 aliphatic heterocycles. The normalized spacial score (nSPS) is 17.7. The van der Waals surface area contributed by atoms with Gasteiger partial charge in [-0.25, -0.2) is 0 Å². The van der Waals surface area contributed by atoms with E-state index in [-0.39, 0.29) is 12.5 Å². The number of hydrogen-bond donors (Lipinski definition) is 0. The largest absolute Gasteiger partial charge is 0.497 e. The lowest BCUT2D eigenvalue weighted by atomic mass is 10.1. The fourth-order valence-corrected chi connectivity index (χ4v) is 3.91. The van der Waals surface area contributed by atoms with Crippen LogP contribution in [0.3, 0.4) is 0 Å². The molecular formula is C24H24N4O4. The molecule has 0 N–H and O–H groups in total. The van der Waals surface area contributed by atoms with Crippen LogP contribution in [0.1, 0.15) is 0 Å². The molecule has 32 heavy (non-hydrogen) atoms. The standard InChI is InChI=1S/C24H24N4O4/c1-30-18-8-6-17(7-9-18)19-10-11-23(26-25-19)27-12-14-28(15-13-27)24(29)22-16-31-20-4-2-3-5-21(20)32-22/h2-11,22H,12-16H2,1H3. The van der Waals surface area contributed by atoms with E-state index < -0.39 is 6.10 Å². The van der Waals surface area contributed by atoms with Gasteiger partial charge in [-0.1, -0.05) is 12.1 Å². The van der Waals surface area contributed by atoms with E-state index >= 15 is 0 Å². The van der Waals surface area contributed by atoms with Gasteiger partial charge in [-0.3, -0.25) is 4.79 Å². The summed E-state index contributed by atoms with van der Waals surface area (Å²) in [4.78, 5) is 16.9. The smallest absolute Gasteiger partial charge is 0.267 e. The lowest BCUT2D eigenvalue weighted by molar-refractivity contribution is -0.141. The first-order valence-electron chi connectivity index (χ1n) is 10.6. The summed E-state index contributed by atoms with van der Waals surface area (Å²) in [5.41, 5.74) is 1.79. The molecule has 1 fully saturated rings. The molecule has 1 saturated heterocycles. The molecule has 3 aromatic rings. The monoisotopic (exact) mass is 432 g/mol. The Morgan fingerprint density at radius 2 is 1.69 bits per heavy atom. The Morgan fingerprint density at radius 3 is 2.38 bits per heavy atom. The van der Waals surface area contributed by atoms with Crippen molar-refractivity contribution >= 4 is 11.7 Å². The van der Waals surface area contributed by atoms with E-state index in [2.05, 4.69) is 15.1 Å². The van der Waals surface area contributed by atoms with Gasteiger partial charge in [0.05, 0.1) is 12.8 Å². The number of benzene rings is 2. The number of para-hydroxylation sites is 2. The molecule has 5 rings (SSSR count). The topological polar surface area (TPSA) is 77.0 Å². The van der Waals surface area contributed by atoms with Crippen LogP contribution in [0.25, 0.3) is 11.3 Å². The zero-order valence-corrected chi connectivity index (χ0v) is 17.8. The Balaban J connectivity index is 1.18. The number of carbonyl (C=O) groups is 1. The predicted molar refractivity (Wildman–Crippen MR) is 119 cm³/mol. The number of hydrogen-bond acceptors (Lipinski definition) is 7. The number of nitrogens with zero attached hydrogens (tertiary/aromatic N) is 4. The molecule has 8 nitrogen and oxygen atoms in total. The van der Waals surface area contributed by atoms with Gasteiger partial charge in [-0.15, -0.1) is 10.2 Å². The Kier molecular flexibility index (Phi) is 5.49. The second-order valence-electron chi connectivity index (χ2n) is 7.68. The second kappa shape index (κ2) is 8.74. The molecule has 0 aliphatic carbocycles. The molecule has 2 aromatic carbocycles. The number of piperazine rings is 1. The van der Waals surface area contributed by atoms with Gasteiger partial charge in [0.2, 0.25) is 6.10 Å². The van der Waals surface area contributed by atoms with Gasteiger partial charge in [-0.05, 0) is 48.5 Å². The predicted octanol–water partition coefficient (Wildman–Crippen LogP) is 2.64. The highest BCUT2D eigenvalue weighted by Gasteiger charge is 2.32. The first-order valence-corrected chi connectivity index (χ1v) is 10.6. The molecule has 2 aliphatic rings. The Hall–Kier alpha value is -3.81. The van der Waals surface area contributed by atoms with Gasteiger partial charge in [0.1, 0.15) is 12.4 Å². The Bertz CT molecular complexity index is 1080. The number of anilines is 1. The lowest BCUT2D eigenvalue weighted by Gasteiger charge is -2.37. The van der Waals surface area contributed by atoms with Crippen molar-refractivity contribution in [1.82, 2.24) is 15.1 Å². The van der Waals surface area contributed by atoms with E-state index in [0.29, 0.717) is 37.7 Å². The SMILES string of the molecule is COc1ccc(-c2ccc(N3CCN(C(=O)C4COc5ccccc5O4)CC3)nn2)cc1. The fraction of sp³-hybridized carbons (Fsp3) is 0.292. The minimum Gasteiger partial charge on any atom is -0.497 e. The van der Waals surface area contributed by atoms with Gasteiger partial charge in [-0.2, -0.15) is 0 Å². The molecular weight excluding hydrogens is 408 g/mol. The van der Waals surface area contributed by atoms with E-state index in [1.165, 1.54) is 0 Å². The van der Waals surface area contributed by atoms with Crippen LogP contribution in [0.5, 0.6) is 17.2 Å².